The first-order valence-corrected chi connectivity index (χ1v) is 10.8. The summed E-state index contributed by atoms with van der Waals surface area (Å²) in [5, 5.41) is 0. The van der Waals surface area contributed by atoms with Crippen LogP contribution in [0.25, 0.3) is 0 Å². The van der Waals surface area contributed by atoms with Gasteiger partial charge in [-0.1, -0.05) is 38.8 Å². The Morgan fingerprint density at radius 1 is 1.38 bits per heavy atom. The molecule has 0 aromatic carbocycles. The Morgan fingerprint density at radius 2 is 2.14 bits per heavy atom. The number of imidazole rings is 1. The summed E-state index contributed by atoms with van der Waals surface area (Å²) < 4.78 is 8.28. The van der Waals surface area contributed by atoms with Crippen molar-refractivity contribution >= 4 is 11.8 Å². The Balaban J connectivity index is 1.52. The van der Waals surface area contributed by atoms with Gasteiger partial charge < -0.3 is 19.1 Å². The molecule has 3 aliphatic heterocycles. The number of aryl methyl sites for hydroxylation is 1. The lowest BCUT2D eigenvalue weighted by molar-refractivity contribution is -0.143. The van der Waals surface area contributed by atoms with E-state index in [-0.39, 0.29) is 17.9 Å². The van der Waals surface area contributed by atoms with Crippen molar-refractivity contribution in [3.63, 3.8) is 0 Å². The first kappa shape index (κ1) is 20.1. The highest BCUT2D eigenvalue weighted by Gasteiger charge is 2.67. The molecule has 2 bridgehead atoms. The summed E-state index contributed by atoms with van der Waals surface area (Å²) in [6.07, 6.45) is 9.47. The molecule has 4 atom stereocenters. The molecule has 1 spiro atoms. The van der Waals surface area contributed by atoms with Gasteiger partial charge >= 0.3 is 0 Å². The van der Waals surface area contributed by atoms with Crippen LogP contribution in [-0.2, 0) is 27.4 Å². The van der Waals surface area contributed by atoms with Gasteiger partial charge in [0, 0.05) is 32.5 Å². The number of hydrogen-bond acceptors (Lipinski definition) is 4. The molecular formula is C22H32N4O3. The summed E-state index contributed by atoms with van der Waals surface area (Å²) in [5.41, 5.74) is -0.628. The number of amides is 2. The standard InChI is InChI=1S/C22H32N4O3/c1-5-15(6-2)12-26-14-22-9-8-16(29-22)18(19(22)21(26)28)20(27)24(4)13-17-23-10-11-25(17)7-3/h8-11,15-16,18-19H,5-7,12-14H2,1-4H3/t16-,18-,19+,22-/m0/s1. The van der Waals surface area contributed by atoms with E-state index in [4.69, 9.17) is 4.74 Å². The van der Waals surface area contributed by atoms with Gasteiger partial charge in [0.25, 0.3) is 0 Å². The van der Waals surface area contributed by atoms with E-state index in [0.29, 0.717) is 19.0 Å². The van der Waals surface area contributed by atoms with E-state index in [0.717, 1.165) is 31.8 Å². The van der Waals surface area contributed by atoms with Gasteiger partial charge in [-0.3, -0.25) is 9.59 Å². The van der Waals surface area contributed by atoms with Crippen LogP contribution in [0, 0.1) is 17.8 Å². The molecule has 158 valence electrons. The van der Waals surface area contributed by atoms with Crippen molar-refractivity contribution in [1.82, 2.24) is 19.4 Å². The van der Waals surface area contributed by atoms with Crippen molar-refractivity contribution in [3.05, 3.63) is 30.4 Å². The van der Waals surface area contributed by atoms with Crippen LogP contribution in [0.3, 0.4) is 0 Å². The molecule has 0 aliphatic carbocycles. The fourth-order valence-electron chi connectivity index (χ4n) is 5.20. The number of nitrogens with zero attached hydrogens (tertiary/aromatic N) is 4. The van der Waals surface area contributed by atoms with Crippen molar-refractivity contribution in [2.75, 3.05) is 20.1 Å². The molecule has 0 saturated carbocycles. The number of carbonyl (C=O) groups excluding carboxylic acids is 2. The van der Waals surface area contributed by atoms with Crippen molar-refractivity contribution in [2.45, 2.75) is 58.4 Å². The number of hydrogen-bond donors (Lipinski definition) is 0. The molecule has 29 heavy (non-hydrogen) atoms. The number of ether oxygens (including phenoxy) is 1. The van der Waals surface area contributed by atoms with Crippen molar-refractivity contribution in [1.29, 1.82) is 0 Å². The molecule has 2 amide bonds. The Hall–Kier alpha value is -2.15. The molecule has 4 heterocycles. The maximum Gasteiger partial charge on any atom is 0.230 e. The lowest BCUT2D eigenvalue weighted by atomic mass is 9.76. The number of likely N-dealkylation sites (tertiary alicyclic amines) is 1. The van der Waals surface area contributed by atoms with E-state index in [9.17, 15) is 9.59 Å². The predicted octanol–water partition coefficient (Wildman–Crippen LogP) is 2.08. The maximum atomic E-state index is 13.4. The fraction of sp³-hybridized carbons (Fsp3) is 0.682. The van der Waals surface area contributed by atoms with Crippen molar-refractivity contribution < 1.29 is 14.3 Å². The minimum Gasteiger partial charge on any atom is -0.360 e. The monoisotopic (exact) mass is 400 g/mol. The predicted molar refractivity (Wildman–Crippen MR) is 109 cm³/mol. The average Bonchev–Trinajstić information content (AvgIpc) is 3.46. The molecule has 1 aromatic heterocycles. The van der Waals surface area contributed by atoms with Gasteiger partial charge in [-0.25, -0.2) is 4.98 Å². The van der Waals surface area contributed by atoms with E-state index in [1.807, 2.05) is 27.8 Å². The van der Waals surface area contributed by atoms with E-state index in [1.54, 1.807) is 18.1 Å². The van der Waals surface area contributed by atoms with E-state index < -0.39 is 17.4 Å². The van der Waals surface area contributed by atoms with Gasteiger partial charge in [-0.2, -0.15) is 0 Å². The largest absolute Gasteiger partial charge is 0.360 e. The lowest BCUT2D eigenvalue weighted by Crippen LogP contribution is -2.45. The third kappa shape index (κ3) is 3.19. The maximum absolute atomic E-state index is 13.4. The van der Waals surface area contributed by atoms with Crippen LogP contribution in [0.1, 0.15) is 39.4 Å². The summed E-state index contributed by atoms with van der Waals surface area (Å²) in [4.78, 5) is 34.7. The Labute approximate surface area is 172 Å². The number of fused-ring (bicyclic) bond motifs is 1. The summed E-state index contributed by atoms with van der Waals surface area (Å²) in [6, 6.07) is 0. The van der Waals surface area contributed by atoms with E-state index >= 15 is 0 Å². The second kappa shape index (κ2) is 7.59. The van der Waals surface area contributed by atoms with Crippen LogP contribution in [0.2, 0.25) is 0 Å². The highest BCUT2D eigenvalue weighted by Crippen LogP contribution is 2.52. The van der Waals surface area contributed by atoms with Gasteiger partial charge in [0.2, 0.25) is 11.8 Å². The second-order valence-electron chi connectivity index (χ2n) is 8.63. The van der Waals surface area contributed by atoms with Crippen LogP contribution in [0.5, 0.6) is 0 Å². The highest BCUT2D eigenvalue weighted by molar-refractivity contribution is 5.93. The Kier molecular flexibility index (Phi) is 5.27. The van der Waals surface area contributed by atoms with E-state index in [2.05, 4.69) is 25.8 Å². The van der Waals surface area contributed by atoms with Crippen LogP contribution in [-0.4, -0.2) is 63.0 Å². The van der Waals surface area contributed by atoms with Crippen LogP contribution in [0.15, 0.2) is 24.5 Å². The quantitative estimate of drug-likeness (QED) is 0.627. The molecule has 2 saturated heterocycles. The average molecular weight is 401 g/mol. The fourth-order valence-corrected chi connectivity index (χ4v) is 5.20. The molecule has 0 unspecified atom stereocenters. The number of rotatable bonds is 8. The third-order valence-corrected chi connectivity index (χ3v) is 6.99. The Morgan fingerprint density at radius 3 is 2.83 bits per heavy atom. The van der Waals surface area contributed by atoms with Crippen LogP contribution in [0.4, 0.5) is 0 Å². The van der Waals surface area contributed by atoms with Gasteiger partial charge in [0.05, 0.1) is 31.0 Å². The first-order chi connectivity index (χ1) is 13.9. The second-order valence-corrected chi connectivity index (χ2v) is 8.63. The Bertz CT molecular complexity index is 815. The minimum absolute atomic E-state index is 0.0328. The summed E-state index contributed by atoms with van der Waals surface area (Å²) in [6.45, 7) is 8.93. The molecular weight excluding hydrogens is 368 g/mol. The SMILES string of the molecule is CCC(CC)CN1C[C@]23C=C[C@H](O2)[C@H](C(=O)N(C)Cc2nccn2CC)[C@@H]3C1=O. The molecule has 1 aromatic rings. The zero-order valence-corrected chi connectivity index (χ0v) is 17.9. The first-order valence-electron chi connectivity index (χ1n) is 10.8. The van der Waals surface area contributed by atoms with Crippen molar-refractivity contribution in [3.8, 4) is 0 Å². The normalized spacial score (nSPS) is 29.9. The van der Waals surface area contributed by atoms with Crippen LogP contribution >= 0.6 is 0 Å². The smallest absolute Gasteiger partial charge is 0.230 e. The molecule has 7 nitrogen and oxygen atoms in total. The minimum atomic E-state index is -0.628. The molecule has 0 radical (unpaired) electrons. The van der Waals surface area contributed by atoms with Gasteiger partial charge in [-0.15, -0.1) is 0 Å². The highest BCUT2D eigenvalue weighted by atomic mass is 16.5. The summed E-state index contributed by atoms with van der Waals surface area (Å²) in [5.74, 6) is 0.521. The topological polar surface area (TPSA) is 67.7 Å². The lowest BCUT2D eigenvalue weighted by Gasteiger charge is -2.28. The molecule has 0 N–H and O–H groups in total. The van der Waals surface area contributed by atoms with Crippen LogP contribution < -0.4 is 0 Å². The van der Waals surface area contributed by atoms with Gasteiger partial charge in [0.1, 0.15) is 11.4 Å². The summed E-state index contributed by atoms with van der Waals surface area (Å²) >= 11 is 0. The van der Waals surface area contributed by atoms with E-state index in [1.165, 1.54) is 0 Å². The molecule has 4 rings (SSSR count). The summed E-state index contributed by atoms with van der Waals surface area (Å²) in [7, 11) is 1.79. The molecule has 7 heteroatoms. The molecule has 3 aliphatic rings. The zero-order chi connectivity index (χ0) is 20.8. The third-order valence-electron chi connectivity index (χ3n) is 6.99. The number of carbonyl (C=O) groups is 2. The van der Waals surface area contributed by atoms with Crippen molar-refractivity contribution in [2.24, 2.45) is 17.8 Å². The van der Waals surface area contributed by atoms with Gasteiger partial charge in [0.15, 0.2) is 0 Å². The molecule has 2 fully saturated rings. The zero-order valence-electron chi connectivity index (χ0n) is 17.9. The van der Waals surface area contributed by atoms with Gasteiger partial charge in [-0.05, 0) is 12.8 Å². The number of aromatic nitrogens is 2.